The molecule has 158 valence electrons. The number of fused-ring (bicyclic) bond motifs is 1. The zero-order chi connectivity index (χ0) is 21.8. The molecule has 0 saturated carbocycles. The monoisotopic (exact) mass is 450 g/mol. The molecule has 0 aliphatic carbocycles. The van der Waals surface area contributed by atoms with E-state index >= 15 is 0 Å². The highest BCUT2D eigenvalue weighted by Gasteiger charge is 2.32. The average molecular weight is 451 g/mol. The maximum atomic E-state index is 13.0. The van der Waals surface area contributed by atoms with Crippen molar-refractivity contribution in [2.75, 3.05) is 35.6 Å². The highest BCUT2D eigenvalue weighted by molar-refractivity contribution is 7.93. The number of anilines is 2. The molecule has 1 saturated heterocycles. The van der Waals surface area contributed by atoms with Crippen molar-refractivity contribution in [2.45, 2.75) is 6.42 Å². The summed E-state index contributed by atoms with van der Waals surface area (Å²) in [5.74, 6) is -0.952. The van der Waals surface area contributed by atoms with E-state index in [1.54, 1.807) is 31.1 Å². The maximum absolute atomic E-state index is 13.0. The normalized spacial score (nSPS) is 15.6. The zero-order valence-electron chi connectivity index (χ0n) is 16.2. The van der Waals surface area contributed by atoms with E-state index in [-0.39, 0.29) is 51.1 Å². The Hall–Kier alpha value is -2.91. The van der Waals surface area contributed by atoms with E-state index in [4.69, 9.17) is 16.0 Å². The Morgan fingerprint density at radius 3 is 2.50 bits per heavy atom. The number of benzene rings is 2. The number of rotatable bonds is 3. The fourth-order valence-electron chi connectivity index (χ4n) is 3.45. The molecule has 1 fully saturated rings. The van der Waals surface area contributed by atoms with Crippen LogP contribution in [-0.4, -0.2) is 45.0 Å². The van der Waals surface area contributed by atoms with Crippen LogP contribution in [0.2, 0.25) is 5.02 Å². The molecule has 1 aromatic heterocycles. The summed E-state index contributed by atoms with van der Waals surface area (Å²) in [6, 6.07) is 7.27. The summed E-state index contributed by atoms with van der Waals surface area (Å²) in [5.41, 5.74) is 0.440. The third kappa shape index (κ3) is 3.23. The third-order valence-electron chi connectivity index (χ3n) is 5.03. The standard InChI is InChI=1S/C20H19ClN2O6S/c1-22(2)12-9-13-17(25)18(26)19(11-4-5-16(24)14(21)8-11)29-20(13)15(10-12)23-6-3-7-30(23,27)28/h4-5,8-10,24,26H,3,6-7H2,1-2H3. The molecule has 0 radical (unpaired) electrons. The summed E-state index contributed by atoms with van der Waals surface area (Å²) >= 11 is 5.96. The van der Waals surface area contributed by atoms with Crippen LogP contribution in [0, 0.1) is 0 Å². The van der Waals surface area contributed by atoms with E-state index in [0.29, 0.717) is 12.1 Å². The molecule has 4 rings (SSSR count). The highest BCUT2D eigenvalue weighted by Crippen LogP contribution is 2.40. The smallest absolute Gasteiger partial charge is 0.235 e. The van der Waals surface area contributed by atoms with Crippen molar-refractivity contribution >= 4 is 44.0 Å². The summed E-state index contributed by atoms with van der Waals surface area (Å²) in [7, 11) is -0.0275. The summed E-state index contributed by atoms with van der Waals surface area (Å²) < 4.78 is 32.3. The number of phenolic OH excluding ortho intramolecular Hbond substituents is 1. The largest absolute Gasteiger partial charge is 0.506 e. The predicted octanol–water partition coefficient (Wildman–Crippen LogP) is 3.13. The van der Waals surface area contributed by atoms with Gasteiger partial charge in [-0.2, -0.15) is 0 Å². The highest BCUT2D eigenvalue weighted by atomic mass is 35.5. The molecule has 0 bridgehead atoms. The number of hydrogen-bond donors (Lipinski definition) is 2. The van der Waals surface area contributed by atoms with Crippen LogP contribution in [0.3, 0.4) is 0 Å². The molecule has 8 nitrogen and oxygen atoms in total. The van der Waals surface area contributed by atoms with Gasteiger partial charge in [0, 0.05) is 31.9 Å². The van der Waals surface area contributed by atoms with Gasteiger partial charge in [0.25, 0.3) is 0 Å². The fourth-order valence-corrected chi connectivity index (χ4v) is 5.19. The van der Waals surface area contributed by atoms with Gasteiger partial charge in [-0.05, 0) is 36.8 Å². The van der Waals surface area contributed by atoms with E-state index in [9.17, 15) is 23.4 Å². The molecule has 1 aliphatic rings. The van der Waals surface area contributed by atoms with Gasteiger partial charge in [-0.3, -0.25) is 9.10 Å². The van der Waals surface area contributed by atoms with E-state index in [1.165, 1.54) is 22.5 Å². The van der Waals surface area contributed by atoms with Gasteiger partial charge >= 0.3 is 0 Å². The molecule has 0 unspecified atom stereocenters. The lowest BCUT2D eigenvalue weighted by molar-refractivity contribution is 0.449. The molecule has 0 atom stereocenters. The number of sulfonamides is 1. The second-order valence-corrected chi connectivity index (χ2v) is 9.67. The van der Waals surface area contributed by atoms with E-state index in [1.807, 2.05) is 0 Å². The molecule has 0 amide bonds. The Morgan fingerprint density at radius 1 is 1.17 bits per heavy atom. The Morgan fingerprint density at radius 2 is 1.90 bits per heavy atom. The van der Waals surface area contributed by atoms with E-state index in [0.717, 1.165) is 0 Å². The predicted molar refractivity (Wildman–Crippen MR) is 116 cm³/mol. The van der Waals surface area contributed by atoms with Crippen molar-refractivity contribution < 1.29 is 23.0 Å². The van der Waals surface area contributed by atoms with Crippen molar-refractivity contribution in [1.29, 1.82) is 0 Å². The van der Waals surface area contributed by atoms with Gasteiger partial charge in [0.1, 0.15) is 5.75 Å². The van der Waals surface area contributed by atoms with Crippen molar-refractivity contribution in [1.82, 2.24) is 0 Å². The van der Waals surface area contributed by atoms with Gasteiger partial charge in [-0.15, -0.1) is 0 Å². The SMILES string of the molecule is CN(C)c1cc(N2CCCS2(=O)=O)c2oc(-c3ccc(O)c(Cl)c3)c(O)c(=O)c2c1. The Bertz CT molecular complexity index is 1330. The van der Waals surface area contributed by atoms with Crippen LogP contribution in [0.1, 0.15) is 6.42 Å². The molecular weight excluding hydrogens is 432 g/mol. The van der Waals surface area contributed by atoms with E-state index < -0.39 is 21.2 Å². The number of aromatic hydroxyl groups is 2. The second kappa shape index (κ2) is 7.10. The Balaban J connectivity index is 2.08. The van der Waals surface area contributed by atoms with Crippen LogP contribution < -0.4 is 14.6 Å². The first-order chi connectivity index (χ1) is 14.1. The van der Waals surface area contributed by atoms with Crippen LogP contribution in [0.5, 0.6) is 11.5 Å². The minimum absolute atomic E-state index is 0.00340. The summed E-state index contributed by atoms with van der Waals surface area (Å²) in [6.45, 7) is 0.263. The van der Waals surface area contributed by atoms with Gasteiger partial charge in [-0.1, -0.05) is 11.6 Å². The maximum Gasteiger partial charge on any atom is 0.235 e. The lowest BCUT2D eigenvalue weighted by atomic mass is 10.1. The first-order valence-electron chi connectivity index (χ1n) is 9.10. The summed E-state index contributed by atoms with van der Waals surface area (Å²) in [5, 5.41) is 20.3. The molecule has 2 aromatic carbocycles. The molecular formula is C20H19ClN2O6S. The first-order valence-corrected chi connectivity index (χ1v) is 11.1. The van der Waals surface area contributed by atoms with Gasteiger partial charge in [-0.25, -0.2) is 8.42 Å². The minimum atomic E-state index is -3.55. The summed E-state index contributed by atoms with van der Waals surface area (Å²) in [4.78, 5) is 14.7. The third-order valence-corrected chi connectivity index (χ3v) is 7.19. The van der Waals surface area contributed by atoms with Crippen LogP contribution in [0.25, 0.3) is 22.3 Å². The van der Waals surface area contributed by atoms with Gasteiger partial charge < -0.3 is 19.5 Å². The lowest BCUT2D eigenvalue weighted by Gasteiger charge is -2.22. The average Bonchev–Trinajstić information content (AvgIpc) is 3.05. The topological polar surface area (TPSA) is 111 Å². The molecule has 3 aromatic rings. The van der Waals surface area contributed by atoms with Gasteiger partial charge in [0.2, 0.25) is 21.2 Å². The number of halogens is 1. The van der Waals surface area contributed by atoms with Crippen LogP contribution in [-0.2, 0) is 10.0 Å². The minimum Gasteiger partial charge on any atom is -0.506 e. The molecule has 1 aliphatic heterocycles. The number of hydrogen-bond acceptors (Lipinski definition) is 7. The van der Waals surface area contributed by atoms with Crippen LogP contribution >= 0.6 is 11.6 Å². The Kier molecular flexibility index (Phi) is 4.82. The molecule has 30 heavy (non-hydrogen) atoms. The van der Waals surface area contributed by atoms with Crippen molar-refractivity contribution in [2.24, 2.45) is 0 Å². The van der Waals surface area contributed by atoms with Crippen LogP contribution in [0.15, 0.2) is 39.5 Å². The van der Waals surface area contributed by atoms with Crippen molar-refractivity contribution in [3.63, 3.8) is 0 Å². The molecule has 2 N–H and O–H groups in total. The molecule has 10 heteroatoms. The fraction of sp³-hybridized carbons (Fsp3) is 0.250. The van der Waals surface area contributed by atoms with Crippen molar-refractivity contribution in [3.05, 3.63) is 45.6 Å². The number of nitrogens with zero attached hydrogens (tertiary/aromatic N) is 2. The molecule has 0 spiro atoms. The van der Waals surface area contributed by atoms with Crippen LogP contribution in [0.4, 0.5) is 11.4 Å². The second-order valence-electron chi connectivity index (χ2n) is 7.25. The van der Waals surface area contributed by atoms with Gasteiger partial charge in [0.05, 0.1) is 21.8 Å². The molecule has 2 heterocycles. The van der Waals surface area contributed by atoms with Crippen molar-refractivity contribution in [3.8, 4) is 22.8 Å². The van der Waals surface area contributed by atoms with E-state index in [2.05, 4.69) is 0 Å². The number of phenols is 1. The van der Waals surface area contributed by atoms with Gasteiger partial charge in [0.15, 0.2) is 11.3 Å². The summed E-state index contributed by atoms with van der Waals surface area (Å²) in [6.07, 6.45) is 0.457. The quantitative estimate of drug-likeness (QED) is 0.630. The zero-order valence-corrected chi connectivity index (χ0v) is 17.8. The Labute approximate surface area is 177 Å². The lowest BCUT2D eigenvalue weighted by Crippen LogP contribution is -2.26. The first kappa shape index (κ1) is 20.4.